The number of piperidine rings is 1. The summed E-state index contributed by atoms with van der Waals surface area (Å²) in [5.41, 5.74) is 2.27. The van der Waals surface area contributed by atoms with Crippen molar-refractivity contribution in [3.8, 4) is 0 Å². The van der Waals surface area contributed by atoms with E-state index in [1.807, 2.05) is 24.5 Å². The van der Waals surface area contributed by atoms with E-state index in [1.165, 1.54) is 18.5 Å². The maximum absolute atomic E-state index is 4.70. The van der Waals surface area contributed by atoms with Crippen LogP contribution >= 0.6 is 0 Å². The quantitative estimate of drug-likeness (QED) is 0.698. The second-order valence-electron chi connectivity index (χ2n) is 7.59. The van der Waals surface area contributed by atoms with Crippen LogP contribution in [0.25, 0.3) is 0 Å². The predicted molar refractivity (Wildman–Crippen MR) is 104 cm³/mol. The van der Waals surface area contributed by atoms with Crippen LogP contribution in [0, 0.1) is 0 Å². The number of nitrogens with zero attached hydrogens (tertiary/aromatic N) is 6. The average Bonchev–Trinajstić information content (AvgIpc) is 3.48. The summed E-state index contributed by atoms with van der Waals surface area (Å²) in [6.07, 6.45) is 12.4. The predicted octanol–water partition coefficient (Wildman–Crippen LogP) is 3.38. The van der Waals surface area contributed by atoms with Gasteiger partial charge < -0.3 is 9.47 Å². The fourth-order valence-corrected chi connectivity index (χ4v) is 4.01. The van der Waals surface area contributed by atoms with E-state index in [0.29, 0.717) is 11.8 Å². The van der Waals surface area contributed by atoms with Gasteiger partial charge in [-0.3, -0.25) is 4.98 Å². The van der Waals surface area contributed by atoms with E-state index in [2.05, 4.69) is 42.7 Å². The van der Waals surface area contributed by atoms with Crippen molar-refractivity contribution >= 4 is 5.82 Å². The Morgan fingerprint density at radius 3 is 2.78 bits per heavy atom. The zero-order chi connectivity index (χ0) is 18.1. The van der Waals surface area contributed by atoms with Crippen LogP contribution in [0.3, 0.4) is 0 Å². The Bertz CT molecular complexity index is 902. The fraction of sp³-hybridized carbons (Fsp3) is 0.429. The Morgan fingerprint density at radius 1 is 0.963 bits per heavy atom. The number of hydrogen-bond donors (Lipinski definition) is 0. The van der Waals surface area contributed by atoms with E-state index in [-0.39, 0.29) is 0 Å². The molecule has 1 saturated heterocycles. The molecule has 2 fully saturated rings. The smallest absolute Gasteiger partial charge is 0.132 e. The van der Waals surface area contributed by atoms with Crippen molar-refractivity contribution in [3.63, 3.8) is 0 Å². The molecule has 1 saturated carbocycles. The Balaban J connectivity index is 1.34. The normalized spacial score (nSPS) is 20.0. The second-order valence-corrected chi connectivity index (χ2v) is 7.59. The van der Waals surface area contributed by atoms with Gasteiger partial charge in [0.05, 0.1) is 12.2 Å². The molecule has 6 heteroatoms. The molecule has 1 unspecified atom stereocenters. The number of hydrogen-bond acceptors (Lipinski definition) is 5. The molecule has 138 valence electrons. The first kappa shape index (κ1) is 16.4. The topological polar surface area (TPSA) is 59.7 Å². The Morgan fingerprint density at radius 2 is 1.93 bits per heavy atom. The minimum atomic E-state index is 0.414. The van der Waals surface area contributed by atoms with Crippen molar-refractivity contribution < 1.29 is 0 Å². The van der Waals surface area contributed by atoms with Crippen molar-refractivity contribution in [1.29, 1.82) is 0 Å². The van der Waals surface area contributed by atoms with Crippen molar-refractivity contribution in [2.75, 3.05) is 18.0 Å². The number of rotatable bonds is 5. The van der Waals surface area contributed by atoms with Crippen LogP contribution in [-0.4, -0.2) is 37.6 Å². The lowest BCUT2D eigenvalue weighted by molar-refractivity contribution is 0.473. The molecule has 1 atom stereocenters. The minimum absolute atomic E-state index is 0.414. The summed E-state index contributed by atoms with van der Waals surface area (Å²) in [6, 6.07) is 8.25. The Hall–Kier alpha value is -2.76. The molecule has 0 amide bonds. The molecular formula is C21H24N6. The molecule has 3 aromatic heterocycles. The van der Waals surface area contributed by atoms with Crippen LogP contribution in [0.1, 0.15) is 54.7 Å². The van der Waals surface area contributed by atoms with Crippen molar-refractivity contribution in [2.45, 2.75) is 44.1 Å². The van der Waals surface area contributed by atoms with Crippen LogP contribution in [0.4, 0.5) is 5.82 Å². The van der Waals surface area contributed by atoms with Gasteiger partial charge in [0.15, 0.2) is 0 Å². The summed E-state index contributed by atoms with van der Waals surface area (Å²) in [5, 5.41) is 0. The molecule has 2 aliphatic rings. The lowest BCUT2D eigenvalue weighted by atomic mass is 9.97. The van der Waals surface area contributed by atoms with Crippen LogP contribution < -0.4 is 4.90 Å². The molecule has 1 aliphatic heterocycles. The molecule has 5 rings (SSSR count). The highest BCUT2D eigenvalue weighted by Crippen LogP contribution is 2.39. The summed E-state index contributed by atoms with van der Waals surface area (Å²) in [7, 11) is 0. The summed E-state index contributed by atoms with van der Waals surface area (Å²) >= 11 is 0. The molecular weight excluding hydrogens is 336 g/mol. The van der Waals surface area contributed by atoms with Crippen molar-refractivity contribution in [2.24, 2.45) is 0 Å². The molecule has 27 heavy (non-hydrogen) atoms. The largest absolute Gasteiger partial charge is 0.356 e. The van der Waals surface area contributed by atoms with Crippen molar-refractivity contribution in [1.82, 2.24) is 24.5 Å². The van der Waals surface area contributed by atoms with Gasteiger partial charge in [0.2, 0.25) is 0 Å². The maximum Gasteiger partial charge on any atom is 0.132 e. The van der Waals surface area contributed by atoms with Gasteiger partial charge in [-0.15, -0.1) is 0 Å². The van der Waals surface area contributed by atoms with E-state index >= 15 is 0 Å². The van der Waals surface area contributed by atoms with E-state index < -0.39 is 0 Å². The van der Waals surface area contributed by atoms with E-state index in [4.69, 9.17) is 4.98 Å². The van der Waals surface area contributed by atoms with Gasteiger partial charge in [0.1, 0.15) is 18.0 Å². The SMILES string of the molecule is c1ccc(Cn2ccnc2C2CCCN(c3cc(C4CC4)ncn3)C2)nc1. The zero-order valence-corrected chi connectivity index (χ0v) is 15.4. The Kier molecular flexibility index (Phi) is 4.32. The van der Waals surface area contributed by atoms with E-state index in [1.54, 1.807) is 6.33 Å². The number of imidazole rings is 1. The molecule has 0 spiro atoms. The maximum atomic E-state index is 4.70. The van der Waals surface area contributed by atoms with E-state index in [0.717, 1.165) is 49.8 Å². The Labute approximate surface area is 159 Å². The highest BCUT2D eigenvalue weighted by atomic mass is 15.2. The van der Waals surface area contributed by atoms with Crippen LogP contribution in [0.15, 0.2) is 49.2 Å². The number of aromatic nitrogens is 5. The van der Waals surface area contributed by atoms with Crippen LogP contribution in [0.2, 0.25) is 0 Å². The summed E-state index contributed by atoms with van der Waals surface area (Å²) < 4.78 is 2.24. The van der Waals surface area contributed by atoms with Crippen LogP contribution in [0.5, 0.6) is 0 Å². The molecule has 0 N–H and O–H groups in total. The molecule has 0 bridgehead atoms. The third-order valence-electron chi connectivity index (χ3n) is 5.59. The summed E-state index contributed by atoms with van der Waals surface area (Å²) in [6.45, 7) is 2.78. The van der Waals surface area contributed by atoms with Gasteiger partial charge in [-0.05, 0) is 37.8 Å². The zero-order valence-electron chi connectivity index (χ0n) is 15.4. The standard InChI is InChI=1S/C21H24N6/c1-2-8-22-18(5-1)14-27-11-9-23-21(27)17-4-3-10-26(13-17)20-12-19(16-6-7-16)24-15-25-20/h1-2,5,8-9,11-12,15-17H,3-4,6-7,10,13-14H2. The van der Waals surface area contributed by atoms with Gasteiger partial charge in [-0.2, -0.15) is 0 Å². The first-order valence-electron chi connectivity index (χ1n) is 9.84. The van der Waals surface area contributed by atoms with Gasteiger partial charge in [0, 0.05) is 55.3 Å². The van der Waals surface area contributed by atoms with Gasteiger partial charge in [-0.1, -0.05) is 6.07 Å². The third kappa shape index (κ3) is 3.56. The molecule has 1 aliphatic carbocycles. The molecule has 0 radical (unpaired) electrons. The summed E-state index contributed by atoms with van der Waals surface area (Å²) in [5.74, 6) is 3.29. The minimum Gasteiger partial charge on any atom is -0.356 e. The number of pyridine rings is 1. The highest BCUT2D eigenvalue weighted by molar-refractivity contribution is 5.41. The molecule has 6 nitrogen and oxygen atoms in total. The van der Waals surface area contributed by atoms with Crippen molar-refractivity contribution in [3.05, 3.63) is 66.4 Å². The lowest BCUT2D eigenvalue weighted by Crippen LogP contribution is -2.36. The first-order valence-corrected chi connectivity index (χ1v) is 9.84. The average molecular weight is 360 g/mol. The molecule has 3 aromatic rings. The van der Waals surface area contributed by atoms with Gasteiger partial charge >= 0.3 is 0 Å². The second kappa shape index (κ2) is 7.10. The highest BCUT2D eigenvalue weighted by Gasteiger charge is 2.28. The van der Waals surface area contributed by atoms with Gasteiger partial charge in [-0.25, -0.2) is 15.0 Å². The lowest BCUT2D eigenvalue weighted by Gasteiger charge is -2.33. The third-order valence-corrected chi connectivity index (χ3v) is 5.59. The monoisotopic (exact) mass is 360 g/mol. The van der Waals surface area contributed by atoms with Crippen LogP contribution in [-0.2, 0) is 6.54 Å². The summed E-state index contributed by atoms with van der Waals surface area (Å²) in [4.78, 5) is 20.6. The molecule has 0 aromatic carbocycles. The fourth-order valence-electron chi connectivity index (χ4n) is 4.01. The number of anilines is 1. The first-order chi connectivity index (χ1) is 13.4. The molecule has 4 heterocycles. The van der Waals surface area contributed by atoms with E-state index in [9.17, 15) is 0 Å². The van der Waals surface area contributed by atoms with Gasteiger partial charge in [0.25, 0.3) is 0 Å².